The Kier molecular flexibility index (Phi) is 7.67. The van der Waals surface area contributed by atoms with Crippen LogP contribution in [0.5, 0.6) is 11.5 Å². The normalized spacial score (nSPS) is 29.9. The molecule has 6 heteroatoms. The van der Waals surface area contributed by atoms with Crippen molar-refractivity contribution in [2.75, 3.05) is 6.61 Å². The third kappa shape index (κ3) is 5.07. The molecule has 0 radical (unpaired) electrons. The molecule has 0 amide bonds. The van der Waals surface area contributed by atoms with Crippen LogP contribution in [0.4, 0.5) is 0 Å². The first-order valence-electron chi connectivity index (χ1n) is 15.0. The van der Waals surface area contributed by atoms with Crippen molar-refractivity contribution >= 4 is 22.4 Å². The number of hydrogen-bond acceptors (Lipinski definition) is 4. The molecule has 0 aromatic heterocycles. The van der Waals surface area contributed by atoms with Crippen molar-refractivity contribution in [3.05, 3.63) is 23.3 Å². The fourth-order valence-electron chi connectivity index (χ4n) is 6.86. The second-order valence-electron chi connectivity index (χ2n) is 15.7. The van der Waals surface area contributed by atoms with Gasteiger partial charge < -0.3 is 13.6 Å². The zero-order valence-electron chi connectivity index (χ0n) is 26.3. The topological polar surface area (TPSA) is 44.8 Å². The van der Waals surface area contributed by atoms with Gasteiger partial charge in [0.2, 0.25) is 0 Å². The fraction of sp³-hybridized carbons (Fsp3) is 0.781. The average Bonchev–Trinajstić information content (AvgIpc) is 3.09. The van der Waals surface area contributed by atoms with E-state index in [0.29, 0.717) is 36.9 Å². The van der Waals surface area contributed by atoms with Crippen molar-refractivity contribution in [1.29, 1.82) is 0 Å². The van der Waals surface area contributed by atoms with Crippen LogP contribution >= 0.6 is 0 Å². The van der Waals surface area contributed by atoms with E-state index in [0.717, 1.165) is 36.3 Å². The molecule has 1 aromatic rings. The summed E-state index contributed by atoms with van der Waals surface area (Å²) >= 11 is 0. The highest BCUT2D eigenvalue weighted by molar-refractivity contribution is 6.75. The molecule has 38 heavy (non-hydrogen) atoms. The maximum Gasteiger partial charge on any atom is 0.250 e. The summed E-state index contributed by atoms with van der Waals surface area (Å²) in [6.07, 6.45) is 5.54. The van der Waals surface area contributed by atoms with Crippen molar-refractivity contribution in [2.45, 2.75) is 136 Å². The molecule has 0 heterocycles. The Morgan fingerprint density at radius 3 is 2.13 bits per heavy atom. The molecule has 0 bridgehead atoms. The van der Waals surface area contributed by atoms with Crippen molar-refractivity contribution < 1.29 is 18.4 Å². The van der Waals surface area contributed by atoms with E-state index in [4.69, 9.17) is 13.6 Å². The van der Waals surface area contributed by atoms with Gasteiger partial charge in [0.25, 0.3) is 8.32 Å². The average molecular weight is 559 g/mol. The Morgan fingerprint density at radius 2 is 1.55 bits per heavy atom. The van der Waals surface area contributed by atoms with Gasteiger partial charge in [0.15, 0.2) is 19.9 Å². The number of Topliss-reactive ketones (excluding diaryl/α,β-unsaturated/α-hetero) is 1. The van der Waals surface area contributed by atoms with Crippen LogP contribution in [-0.2, 0) is 4.43 Å². The zero-order valence-corrected chi connectivity index (χ0v) is 28.3. The molecule has 3 aliphatic carbocycles. The standard InChI is InChI=1S/C32H54O4Si2/c1-13-34-27-19-22-21-16-17-32(8)25(14-15-29(32)36-38(11,12)31(5,6)7)23(21)18-26(33)24(22)20-28(27)35-37(9,10)30(2,3)4/h19-21,23,25,29H,13-18H2,1-12H3/t21-,23-,25+,29+,32+/m1/s1. The zero-order chi connectivity index (χ0) is 28.5. The first-order chi connectivity index (χ1) is 17.3. The fourth-order valence-corrected chi connectivity index (χ4v) is 9.33. The highest BCUT2D eigenvalue weighted by Gasteiger charge is 2.58. The van der Waals surface area contributed by atoms with Crippen LogP contribution in [0.1, 0.15) is 109 Å². The Balaban J connectivity index is 1.66. The minimum Gasteiger partial charge on any atom is -0.541 e. The maximum atomic E-state index is 13.7. The molecule has 0 unspecified atom stereocenters. The first-order valence-corrected chi connectivity index (χ1v) is 20.8. The van der Waals surface area contributed by atoms with Crippen LogP contribution in [0.25, 0.3) is 0 Å². The number of carbonyl (C=O) groups excluding carboxylic acids is 1. The predicted molar refractivity (Wildman–Crippen MR) is 163 cm³/mol. The van der Waals surface area contributed by atoms with E-state index in [1.165, 1.54) is 12.0 Å². The van der Waals surface area contributed by atoms with E-state index in [1.807, 2.05) is 13.0 Å². The summed E-state index contributed by atoms with van der Waals surface area (Å²) in [6.45, 7) is 28.1. The number of fused-ring (bicyclic) bond motifs is 5. The van der Waals surface area contributed by atoms with Gasteiger partial charge in [-0.2, -0.15) is 0 Å². The Labute approximate surface area is 234 Å². The van der Waals surface area contributed by atoms with E-state index in [2.05, 4.69) is 80.7 Å². The van der Waals surface area contributed by atoms with Crippen LogP contribution in [0.15, 0.2) is 12.1 Å². The van der Waals surface area contributed by atoms with Gasteiger partial charge >= 0.3 is 0 Å². The monoisotopic (exact) mass is 558 g/mol. The quantitative estimate of drug-likeness (QED) is 0.326. The Morgan fingerprint density at radius 1 is 0.921 bits per heavy atom. The molecule has 214 valence electrons. The molecule has 2 fully saturated rings. The Bertz CT molecular complexity index is 1060. The van der Waals surface area contributed by atoms with Gasteiger partial charge in [-0.25, -0.2) is 0 Å². The summed E-state index contributed by atoms with van der Waals surface area (Å²) in [4.78, 5) is 13.7. The van der Waals surface area contributed by atoms with E-state index in [1.54, 1.807) is 0 Å². The summed E-state index contributed by atoms with van der Waals surface area (Å²) < 4.78 is 20.0. The third-order valence-corrected chi connectivity index (χ3v) is 20.1. The molecular weight excluding hydrogens is 505 g/mol. The predicted octanol–water partition coefficient (Wildman–Crippen LogP) is 9.36. The lowest BCUT2D eigenvalue weighted by molar-refractivity contribution is -0.0147. The lowest BCUT2D eigenvalue weighted by Crippen LogP contribution is -2.51. The molecule has 4 rings (SSSR count). The molecule has 0 aliphatic heterocycles. The van der Waals surface area contributed by atoms with Crippen molar-refractivity contribution in [3.63, 3.8) is 0 Å². The third-order valence-electron chi connectivity index (χ3n) is 11.3. The minimum atomic E-state index is -2.08. The summed E-state index contributed by atoms with van der Waals surface area (Å²) in [6, 6.07) is 4.21. The number of rotatable bonds is 6. The molecular formula is C32H54O4Si2. The van der Waals surface area contributed by atoms with Gasteiger partial charge in [-0.05, 0) is 110 Å². The SMILES string of the molecule is CCOc1cc2c(cc1O[Si](C)(C)C(C)(C)C)C(=O)C[C@@H]1[C@@H]2CC[C@]2(C)[C@@H](O[Si](C)(C)C(C)(C)C)CC[C@@H]12. The molecule has 5 atom stereocenters. The second kappa shape index (κ2) is 9.76. The summed E-state index contributed by atoms with van der Waals surface area (Å²) in [5.41, 5.74) is 2.23. The number of benzene rings is 1. The molecule has 4 nitrogen and oxygen atoms in total. The second-order valence-corrected chi connectivity index (χ2v) is 25.2. The number of ether oxygens (including phenoxy) is 1. The first kappa shape index (κ1) is 29.9. The van der Waals surface area contributed by atoms with Crippen molar-refractivity contribution in [3.8, 4) is 11.5 Å². The number of carbonyl (C=O) groups is 1. The van der Waals surface area contributed by atoms with Crippen LogP contribution in [0, 0.1) is 17.3 Å². The van der Waals surface area contributed by atoms with Gasteiger partial charge in [-0.15, -0.1) is 0 Å². The summed E-state index contributed by atoms with van der Waals surface area (Å²) in [7, 11) is -3.94. The van der Waals surface area contributed by atoms with E-state index in [-0.39, 0.29) is 21.3 Å². The highest BCUT2D eigenvalue weighted by Crippen LogP contribution is 2.63. The van der Waals surface area contributed by atoms with Crippen molar-refractivity contribution in [1.82, 2.24) is 0 Å². The van der Waals surface area contributed by atoms with Gasteiger partial charge in [-0.3, -0.25) is 4.79 Å². The summed E-state index contributed by atoms with van der Waals surface area (Å²) in [5, 5.41) is 0.277. The lowest BCUT2D eigenvalue weighted by atomic mass is 9.55. The van der Waals surface area contributed by atoms with Gasteiger partial charge in [0.1, 0.15) is 5.75 Å². The van der Waals surface area contributed by atoms with Gasteiger partial charge in [0.05, 0.1) is 12.7 Å². The van der Waals surface area contributed by atoms with Crippen LogP contribution in [0.3, 0.4) is 0 Å². The largest absolute Gasteiger partial charge is 0.541 e. The Hall–Kier alpha value is -1.12. The van der Waals surface area contributed by atoms with Gasteiger partial charge in [0, 0.05) is 12.0 Å². The van der Waals surface area contributed by atoms with Crippen LogP contribution in [-0.4, -0.2) is 35.1 Å². The van der Waals surface area contributed by atoms with Crippen LogP contribution in [0.2, 0.25) is 36.3 Å². The highest BCUT2D eigenvalue weighted by atomic mass is 28.4. The maximum absolute atomic E-state index is 13.7. The minimum absolute atomic E-state index is 0.0703. The molecule has 1 aromatic carbocycles. The smallest absolute Gasteiger partial charge is 0.250 e. The molecule has 2 saturated carbocycles. The number of ketones is 1. The molecule has 0 saturated heterocycles. The van der Waals surface area contributed by atoms with E-state index in [9.17, 15) is 4.79 Å². The van der Waals surface area contributed by atoms with Crippen molar-refractivity contribution in [2.24, 2.45) is 17.3 Å². The van der Waals surface area contributed by atoms with Crippen LogP contribution < -0.4 is 9.16 Å². The lowest BCUT2D eigenvalue weighted by Gasteiger charge is -2.52. The molecule has 0 spiro atoms. The summed E-state index contributed by atoms with van der Waals surface area (Å²) in [5.74, 6) is 3.18. The number of hydrogen-bond donors (Lipinski definition) is 0. The molecule has 3 aliphatic rings. The van der Waals surface area contributed by atoms with E-state index >= 15 is 0 Å². The van der Waals surface area contributed by atoms with E-state index < -0.39 is 16.6 Å². The molecule has 0 N–H and O–H groups in total. The van der Waals surface area contributed by atoms with Gasteiger partial charge in [-0.1, -0.05) is 48.5 Å².